The topological polar surface area (TPSA) is 80.7 Å². The van der Waals surface area contributed by atoms with Gasteiger partial charge in [-0.2, -0.15) is 0 Å². The summed E-state index contributed by atoms with van der Waals surface area (Å²) in [5.41, 5.74) is -0.138. The molecule has 3 aromatic rings. The summed E-state index contributed by atoms with van der Waals surface area (Å²) in [4.78, 5) is 36.3. The summed E-state index contributed by atoms with van der Waals surface area (Å²) < 4.78 is 5.57. The molecule has 5 heteroatoms. The number of hydrogen-bond donors (Lipinski definition) is 1. The number of carboxylic acid groups (broad SMARTS) is 1. The maximum atomic E-state index is 13.1. The quantitative estimate of drug-likeness (QED) is 0.346. The van der Waals surface area contributed by atoms with Crippen LogP contribution in [0, 0.1) is 0 Å². The summed E-state index contributed by atoms with van der Waals surface area (Å²) in [7, 11) is 1.44. The Hall–Kier alpha value is -3.57. The van der Waals surface area contributed by atoms with E-state index >= 15 is 0 Å². The van der Waals surface area contributed by atoms with E-state index in [9.17, 15) is 14.4 Å². The fourth-order valence-corrected chi connectivity index (χ4v) is 3.27. The van der Waals surface area contributed by atoms with Crippen molar-refractivity contribution in [1.29, 1.82) is 0 Å². The Balaban J connectivity index is 0.000000336. The van der Waals surface area contributed by atoms with Crippen molar-refractivity contribution in [3.63, 3.8) is 0 Å². The van der Waals surface area contributed by atoms with Crippen molar-refractivity contribution in [1.82, 2.24) is 0 Å². The highest BCUT2D eigenvalue weighted by Gasteiger charge is 2.46. The van der Waals surface area contributed by atoms with Gasteiger partial charge in [0, 0.05) is 18.2 Å². The van der Waals surface area contributed by atoms with Gasteiger partial charge >= 0.3 is 5.97 Å². The Labute approximate surface area is 188 Å². The molecule has 0 atom stereocenters. The summed E-state index contributed by atoms with van der Waals surface area (Å²) >= 11 is 0. The molecule has 3 aromatic carbocycles. The molecule has 0 amide bonds. The van der Waals surface area contributed by atoms with E-state index in [0.717, 1.165) is 12.8 Å². The van der Waals surface area contributed by atoms with Crippen molar-refractivity contribution in [2.75, 3.05) is 7.11 Å². The molecule has 3 rings (SSSR count). The van der Waals surface area contributed by atoms with E-state index < -0.39 is 11.6 Å². The summed E-state index contributed by atoms with van der Waals surface area (Å²) in [5.74, 6) is -1.43. The zero-order valence-electron chi connectivity index (χ0n) is 18.4. The fourth-order valence-electron chi connectivity index (χ4n) is 3.27. The molecule has 1 N–H and O–H groups in total. The summed E-state index contributed by atoms with van der Waals surface area (Å²) in [5, 5.41) is 8.38. The molecule has 0 bridgehead atoms. The highest BCUT2D eigenvalue weighted by Crippen LogP contribution is 2.28. The van der Waals surface area contributed by atoms with Crippen LogP contribution in [0.1, 0.15) is 57.3 Å². The van der Waals surface area contributed by atoms with Crippen LogP contribution in [0.4, 0.5) is 0 Å². The Morgan fingerprint density at radius 3 is 1.38 bits per heavy atom. The number of ether oxygens (including phenoxy) is 1. The van der Waals surface area contributed by atoms with Gasteiger partial charge < -0.3 is 9.84 Å². The second-order valence-corrected chi connectivity index (χ2v) is 7.20. The lowest BCUT2D eigenvalue weighted by molar-refractivity contribution is 0.00383. The average Bonchev–Trinajstić information content (AvgIpc) is 2.86. The van der Waals surface area contributed by atoms with Gasteiger partial charge in [-0.15, -0.1) is 0 Å². The summed E-state index contributed by atoms with van der Waals surface area (Å²) in [6.45, 7) is 2.03. The monoisotopic (exact) mass is 432 g/mol. The van der Waals surface area contributed by atoms with Gasteiger partial charge in [-0.3, -0.25) is 9.59 Å². The van der Waals surface area contributed by atoms with E-state index in [1.54, 1.807) is 78.9 Å². The number of hydrogen-bond acceptors (Lipinski definition) is 4. The second kappa shape index (κ2) is 12.3. The minimum Gasteiger partial charge on any atom is -0.478 e. The Morgan fingerprint density at radius 1 is 0.719 bits per heavy atom. The zero-order chi connectivity index (χ0) is 23.4. The minimum atomic E-state index is -1.46. The molecule has 0 heterocycles. The predicted octanol–water partition coefficient (Wildman–Crippen LogP) is 5.71. The normalized spacial score (nSPS) is 10.6. The molecule has 0 aliphatic rings. The molecule has 166 valence electrons. The second-order valence-electron chi connectivity index (χ2n) is 7.20. The van der Waals surface area contributed by atoms with Crippen molar-refractivity contribution in [3.8, 4) is 0 Å². The van der Waals surface area contributed by atoms with Gasteiger partial charge in [0.05, 0.1) is 5.56 Å². The van der Waals surface area contributed by atoms with Gasteiger partial charge in [0.25, 0.3) is 0 Å². The zero-order valence-corrected chi connectivity index (χ0v) is 18.4. The van der Waals surface area contributed by atoms with Gasteiger partial charge in [0.2, 0.25) is 11.6 Å². The number of carbonyl (C=O) groups is 3. The molecule has 32 heavy (non-hydrogen) atoms. The molecule has 0 fully saturated rings. The molecule has 0 aromatic heterocycles. The molecule has 0 aliphatic heterocycles. The van der Waals surface area contributed by atoms with Gasteiger partial charge in [-0.1, -0.05) is 92.2 Å². The lowest BCUT2D eigenvalue weighted by atomic mass is 9.81. The Bertz CT molecular complexity index is 946. The maximum Gasteiger partial charge on any atom is 0.335 e. The first-order valence-electron chi connectivity index (χ1n) is 10.5. The minimum absolute atomic E-state index is 0.275. The number of carboxylic acids is 1. The highest BCUT2D eigenvalue weighted by atomic mass is 16.5. The molecule has 5 nitrogen and oxygen atoms in total. The largest absolute Gasteiger partial charge is 0.478 e. The van der Waals surface area contributed by atoms with E-state index in [4.69, 9.17) is 9.84 Å². The van der Waals surface area contributed by atoms with E-state index in [1.165, 1.54) is 7.11 Å². The van der Waals surface area contributed by atoms with Crippen molar-refractivity contribution in [3.05, 3.63) is 108 Å². The van der Waals surface area contributed by atoms with Crippen LogP contribution in [-0.2, 0) is 4.74 Å². The smallest absolute Gasteiger partial charge is 0.335 e. The van der Waals surface area contributed by atoms with Crippen molar-refractivity contribution in [2.24, 2.45) is 0 Å². The lowest BCUT2D eigenvalue weighted by Gasteiger charge is -2.29. The first-order chi connectivity index (χ1) is 15.5. The number of ketones is 2. The van der Waals surface area contributed by atoms with Crippen molar-refractivity contribution >= 4 is 17.5 Å². The number of carbonyl (C=O) groups excluding carboxylic acids is 2. The summed E-state index contributed by atoms with van der Waals surface area (Å²) in [6.07, 6.45) is 2.00. The van der Waals surface area contributed by atoms with Gasteiger partial charge in [0.15, 0.2) is 5.60 Å². The number of rotatable bonds is 9. The van der Waals surface area contributed by atoms with Crippen LogP contribution in [0.15, 0.2) is 91.0 Å². The molecule has 0 unspecified atom stereocenters. The molecular formula is C27H28O5. The maximum absolute atomic E-state index is 13.1. The highest BCUT2D eigenvalue weighted by molar-refractivity contribution is 6.22. The molecule has 0 spiro atoms. The van der Waals surface area contributed by atoms with Crippen LogP contribution >= 0.6 is 0 Å². The third-order valence-corrected chi connectivity index (χ3v) is 5.06. The van der Waals surface area contributed by atoms with Crippen molar-refractivity contribution < 1.29 is 24.2 Å². The third-order valence-electron chi connectivity index (χ3n) is 5.06. The molecule has 0 aliphatic carbocycles. The Kier molecular flexibility index (Phi) is 9.51. The van der Waals surface area contributed by atoms with E-state index in [0.29, 0.717) is 23.1 Å². The molecular weight excluding hydrogens is 404 g/mol. The van der Waals surface area contributed by atoms with Gasteiger partial charge in [-0.25, -0.2) is 4.79 Å². The van der Waals surface area contributed by atoms with Crippen LogP contribution in [0.2, 0.25) is 0 Å². The molecule has 0 saturated heterocycles. The van der Waals surface area contributed by atoms with Gasteiger partial charge in [-0.05, 0) is 25.0 Å². The first-order valence-corrected chi connectivity index (χ1v) is 10.5. The molecule has 0 radical (unpaired) electrons. The van der Waals surface area contributed by atoms with E-state index in [-0.39, 0.29) is 11.6 Å². The Morgan fingerprint density at radius 2 is 1.09 bits per heavy atom. The van der Waals surface area contributed by atoms with Crippen LogP contribution < -0.4 is 0 Å². The summed E-state index contributed by atoms with van der Waals surface area (Å²) in [6, 6.07) is 26.0. The van der Waals surface area contributed by atoms with Gasteiger partial charge in [0.1, 0.15) is 0 Å². The van der Waals surface area contributed by atoms with Crippen LogP contribution in [-0.4, -0.2) is 35.4 Å². The van der Waals surface area contributed by atoms with Crippen LogP contribution in [0.5, 0.6) is 0 Å². The SMILES string of the molecule is CCCCC(OC)(C(=O)c1ccccc1)C(=O)c1ccccc1.O=C(O)c1ccccc1. The van der Waals surface area contributed by atoms with Crippen molar-refractivity contribution in [2.45, 2.75) is 31.8 Å². The third kappa shape index (κ3) is 6.22. The van der Waals surface area contributed by atoms with Crippen LogP contribution in [0.25, 0.3) is 0 Å². The number of Topliss-reactive ketones (excluding diaryl/α,β-unsaturated/α-hetero) is 2. The van der Waals surface area contributed by atoms with E-state index in [2.05, 4.69) is 0 Å². The number of aromatic carboxylic acids is 1. The number of unbranched alkanes of at least 4 members (excludes halogenated alkanes) is 1. The predicted molar refractivity (Wildman–Crippen MR) is 124 cm³/mol. The van der Waals surface area contributed by atoms with E-state index in [1.807, 2.05) is 19.1 Å². The molecule has 0 saturated carbocycles. The lowest BCUT2D eigenvalue weighted by Crippen LogP contribution is -2.48. The van der Waals surface area contributed by atoms with Crippen LogP contribution in [0.3, 0.4) is 0 Å². The average molecular weight is 433 g/mol. The number of benzene rings is 3. The number of methoxy groups -OCH3 is 1. The fraction of sp³-hybridized carbons (Fsp3) is 0.222. The first kappa shape index (κ1) is 24.7. The standard InChI is InChI=1S/C20H22O3.C7H6O2/c1-3-4-15-20(23-2,18(21)16-11-7-5-8-12-16)19(22)17-13-9-6-10-14-17;8-7(9)6-4-2-1-3-5-6/h5-14H,3-4,15H2,1-2H3;1-5H,(H,8,9).